The molecule has 276 valence electrons. The van der Waals surface area contributed by atoms with Crippen LogP contribution in [0.15, 0.2) is 29.8 Å². The van der Waals surface area contributed by atoms with Crippen LogP contribution in [0.3, 0.4) is 0 Å². The van der Waals surface area contributed by atoms with E-state index in [-0.39, 0.29) is 51.0 Å². The zero-order chi connectivity index (χ0) is 36.4. The molecule has 1 fully saturated rings. The number of likely N-dealkylation sites (tertiary alicyclic amines) is 1. The van der Waals surface area contributed by atoms with Gasteiger partial charge in [-0.15, -0.1) is 17.8 Å². The lowest BCUT2D eigenvalue weighted by Gasteiger charge is -2.35. The van der Waals surface area contributed by atoms with Crippen LogP contribution in [-0.4, -0.2) is 124 Å². The van der Waals surface area contributed by atoms with Crippen molar-refractivity contribution in [1.29, 1.82) is 0 Å². The van der Waals surface area contributed by atoms with Crippen LogP contribution >= 0.6 is 11.3 Å². The molecule has 2 heterocycles. The molecule has 0 bridgehead atoms. The highest BCUT2D eigenvalue weighted by atomic mass is 32.1. The summed E-state index contributed by atoms with van der Waals surface area (Å²) in [5.41, 5.74) is 4.09. The van der Waals surface area contributed by atoms with Crippen molar-refractivity contribution >= 4 is 29.1 Å². The number of carbonyl (C=O) groups is 3. The monoisotopic (exact) mass is 716 g/mol. The highest BCUT2D eigenvalue weighted by Gasteiger charge is 2.44. The maximum atomic E-state index is 13.8. The molecule has 1 aromatic heterocycles. The number of amides is 3. The number of β-amino-alcohol motifs (C(OH)–C–C–N with tert-alkyl or cyclic N) is 1. The van der Waals surface area contributed by atoms with Crippen molar-refractivity contribution in [3.05, 3.63) is 41.0 Å². The largest absolute Gasteiger partial charge is 0.391 e. The van der Waals surface area contributed by atoms with E-state index in [0.29, 0.717) is 52.9 Å². The molecule has 1 aliphatic rings. The normalized spacial score (nSPS) is 16.6. The molecule has 0 saturated carbocycles. The fourth-order valence-corrected chi connectivity index (χ4v) is 6.00. The summed E-state index contributed by atoms with van der Waals surface area (Å²) < 4.78 is 26.9. The number of aliphatic hydroxyl groups excluding tert-OH is 1. The summed E-state index contributed by atoms with van der Waals surface area (Å²) >= 11 is 1.58. The van der Waals surface area contributed by atoms with Gasteiger partial charge < -0.3 is 44.3 Å². The molecule has 0 aliphatic carbocycles. The van der Waals surface area contributed by atoms with E-state index in [1.54, 1.807) is 11.3 Å². The van der Waals surface area contributed by atoms with Crippen LogP contribution in [0.2, 0.25) is 0 Å². The first-order chi connectivity index (χ1) is 24.0. The highest BCUT2D eigenvalue weighted by Crippen LogP contribution is 2.28. The molecule has 0 unspecified atom stereocenters. The number of terminal acetylenes is 1. The number of thiazole rings is 1. The Labute approximate surface area is 299 Å². The van der Waals surface area contributed by atoms with Gasteiger partial charge in [0.1, 0.15) is 18.7 Å². The summed E-state index contributed by atoms with van der Waals surface area (Å²) in [6, 6.07) is 6.11. The number of ether oxygens (including phenoxy) is 5. The number of nitrogens with zero attached hydrogens (tertiary/aromatic N) is 2. The van der Waals surface area contributed by atoms with Gasteiger partial charge in [-0.3, -0.25) is 14.4 Å². The van der Waals surface area contributed by atoms with Crippen molar-refractivity contribution in [2.75, 3.05) is 72.6 Å². The van der Waals surface area contributed by atoms with Crippen molar-refractivity contribution in [2.24, 2.45) is 5.41 Å². The molecule has 14 heteroatoms. The minimum atomic E-state index is -0.908. The summed E-state index contributed by atoms with van der Waals surface area (Å²) in [5.74, 6) is 1.27. The lowest BCUT2D eigenvalue weighted by atomic mass is 9.85. The van der Waals surface area contributed by atoms with Crippen LogP contribution in [-0.2, 0) is 44.6 Å². The first-order valence-corrected chi connectivity index (χ1v) is 17.8. The molecule has 1 aromatic carbocycles. The lowest BCUT2D eigenvalue weighted by molar-refractivity contribution is -0.144. The summed E-state index contributed by atoms with van der Waals surface area (Å²) in [6.45, 7) is 11.5. The molecular formula is C36H52N4O9S. The molecule has 0 radical (unpaired) electrons. The predicted octanol–water partition coefficient (Wildman–Crippen LogP) is 2.33. The predicted molar refractivity (Wildman–Crippen MR) is 189 cm³/mol. The van der Waals surface area contributed by atoms with Crippen LogP contribution in [0.5, 0.6) is 0 Å². The first kappa shape index (κ1) is 41.0. The number of rotatable bonds is 22. The summed E-state index contributed by atoms with van der Waals surface area (Å²) in [6.07, 6.45) is 4.41. The van der Waals surface area contributed by atoms with Crippen molar-refractivity contribution in [3.63, 3.8) is 0 Å². The van der Waals surface area contributed by atoms with Crippen molar-refractivity contribution in [3.8, 4) is 22.8 Å². The van der Waals surface area contributed by atoms with Gasteiger partial charge in [0.05, 0.1) is 81.6 Å². The second kappa shape index (κ2) is 21.7. The number of carbonyl (C=O) groups excluding carboxylic acids is 3. The molecule has 13 nitrogen and oxygen atoms in total. The minimum Gasteiger partial charge on any atom is -0.391 e. The molecule has 50 heavy (non-hydrogen) atoms. The van der Waals surface area contributed by atoms with E-state index >= 15 is 0 Å². The maximum absolute atomic E-state index is 13.8. The highest BCUT2D eigenvalue weighted by molar-refractivity contribution is 7.13. The molecule has 3 rings (SSSR count). The second-order valence-corrected chi connectivity index (χ2v) is 13.8. The fraction of sp³-hybridized carbons (Fsp3) is 0.611. The van der Waals surface area contributed by atoms with Gasteiger partial charge in [-0.25, -0.2) is 4.98 Å². The number of aryl methyl sites for hydroxylation is 1. The van der Waals surface area contributed by atoms with Gasteiger partial charge in [-0.05, 0) is 23.5 Å². The van der Waals surface area contributed by atoms with Gasteiger partial charge in [-0.2, -0.15) is 0 Å². The van der Waals surface area contributed by atoms with Gasteiger partial charge in [0.2, 0.25) is 17.7 Å². The van der Waals surface area contributed by atoms with E-state index in [4.69, 9.17) is 30.1 Å². The van der Waals surface area contributed by atoms with E-state index < -0.39 is 29.5 Å². The van der Waals surface area contributed by atoms with Crippen LogP contribution in [0, 0.1) is 24.7 Å². The number of benzene rings is 1. The first-order valence-electron chi connectivity index (χ1n) is 16.9. The molecular weight excluding hydrogens is 664 g/mol. The van der Waals surface area contributed by atoms with Crippen molar-refractivity contribution < 1.29 is 43.2 Å². The Kier molecular flexibility index (Phi) is 17.8. The zero-order valence-corrected chi connectivity index (χ0v) is 30.4. The lowest BCUT2D eigenvalue weighted by Crippen LogP contribution is -2.57. The molecule has 3 amide bonds. The minimum absolute atomic E-state index is 0.00729. The van der Waals surface area contributed by atoms with E-state index in [1.165, 1.54) is 4.90 Å². The number of aliphatic hydroxyl groups is 1. The molecule has 1 aliphatic heterocycles. The number of hydrogen-bond donors (Lipinski definition) is 3. The van der Waals surface area contributed by atoms with Gasteiger partial charge in [0.25, 0.3) is 0 Å². The third-order valence-electron chi connectivity index (χ3n) is 7.86. The maximum Gasteiger partial charge on any atom is 0.246 e. The summed E-state index contributed by atoms with van der Waals surface area (Å²) in [4.78, 5) is 46.7. The summed E-state index contributed by atoms with van der Waals surface area (Å²) in [5, 5.41) is 16.2. The second-order valence-electron chi connectivity index (χ2n) is 12.9. The average Bonchev–Trinajstić information content (AvgIpc) is 3.70. The Morgan fingerprint density at radius 1 is 0.980 bits per heavy atom. The van der Waals surface area contributed by atoms with Crippen molar-refractivity contribution in [2.45, 2.75) is 65.3 Å². The Morgan fingerprint density at radius 3 is 2.10 bits per heavy atom. The van der Waals surface area contributed by atoms with E-state index in [2.05, 4.69) is 21.5 Å². The smallest absolute Gasteiger partial charge is 0.246 e. The number of hydrogen-bond acceptors (Lipinski definition) is 11. The Morgan fingerprint density at radius 2 is 1.56 bits per heavy atom. The van der Waals surface area contributed by atoms with Crippen LogP contribution in [0.1, 0.15) is 44.9 Å². The SMILES string of the molecule is C#CCOCCOCCOCCOCCOCCC(=O)N[C@H](C(=O)N1C[C@H](O)C[C@H]1C(=O)NCc1ccc(-c2scnc2C)cc1)C(C)(C)C. The number of nitrogens with one attached hydrogen (secondary N) is 2. The Bertz CT molecular complexity index is 1370. The topological polar surface area (TPSA) is 158 Å². The van der Waals surface area contributed by atoms with Crippen LogP contribution < -0.4 is 10.6 Å². The third-order valence-corrected chi connectivity index (χ3v) is 8.84. The molecule has 3 atom stereocenters. The van der Waals surface area contributed by atoms with Crippen LogP contribution in [0.4, 0.5) is 0 Å². The average molecular weight is 717 g/mol. The molecule has 1 saturated heterocycles. The van der Waals surface area contributed by atoms with Crippen molar-refractivity contribution in [1.82, 2.24) is 20.5 Å². The van der Waals surface area contributed by atoms with E-state index in [9.17, 15) is 19.5 Å². The number of aromatic nitrogens is 1. The van der Waals surface area contributed by atoms with Gasteiger partial charge in [0.15, 0.2) is 0 Å². The van der Waals surface area contributed by atoms with E-state index in [1.807, 2.05) is 57.5 Å². The third kappa shape index (κ3) is 14.1. The zero-order valence-electron chi connectivity index (χ0n) is 29.6. The molecule has 0 spiro atoms. The van der Waals surface area contributed by atoms with E-state index in [0.717, 1.165) is 21.7 Å². The Hall–Kier alpha value is -3.42. The quantitative estimate of drug-likeness (QED) is 0.122. The molecule has 3 N–H and O–H groups in total. The van der Waals surface area contributed by atoms with Crippen LogP contribution in [0.25, 0.3) is 10.4 Å². The molecule has 2 aromatic rings. The van der Waals surface area contributed by atoms with Gasteiger partial charge in [-0.1, -0.05) is 51.0 Å². The van der Waals surface area contributed by atoms with Gasteiger partial charge in [0, 0.05) is 25.9 Å². The summed E-state index contributed by atoms with van der Waals surface area (Å²) in [7, 11) is 0. The standard InChI is InChI=1S/C36H52N4O9S/c1-6-12-45-14-16-47-18-20-49-21-19-48-17-15-46-13-11-31(42)39-33(36(3,4)5)35(44)40-24-29(41)22-30(40)34(43)37-23-27-7-9-28(10-8-27)32-26(2)38-25-50-32/h1,7-10,25,29-30,33,41H,11-24H2,2-5H3,(H,37,43)(H,39,42)/t29-,30+,33-/m1/s1. The fourth-order valence-electron chi connectivity index (χ4n) is 5.19. The van der Waals surface area contributed by atoms with Gasteiger partial charge >= 0.3 is 0 Å². The Balaban J connectivity index is 1.36.